The predicted molar refractivity (Wildman–Crippen MR) is 121 cm³/mol. The van der Waals surface area contributed by atoms with Gasteiger partial charge >= 0.3 is 0 Å². The van der Waals surface area contributed by atoms with Crippen LogP contribution in [0.4, 0.5) is 0 Å². The molecule has 0 spiro atoms. The second-order valence-electron chi connectivity index (χ2n) is 9.20. The van der Waals surface area contributed by atoms with Gasteiger partial charge in [0.05, 0.1) is 11.5 Å². The number of rotatable bonds is 8. The number of unbranched alkanes of at least 4 members (excludes halogenated alkanes) is 1. The Labute approximate surface area is 181 Å². The van der Waals surface area contributed by atoms with Crippen molar-refractivity contribution < 1.29 is 13.2 Å². The number of carbonyl (C=O) groups is 1. The maximum absolute atomic E-state index is 13.0. The van der Waals surface area contributed by atoms with E-state index in [4.69, 9.17) is 0 Å². The van der Waals surface area contributed by atoms with Gasteiger partial charge in [0, 0.05) is 32.7 Å². The minimum atomic E-state index is -2.98. The molecule has 3 atom stereocenters. The van der Waals surface area contributed by atoms with Crippen LogP contribution in [0, 0.1) is 11.8 Å². The van der Waals surface area contributed by atoms with Crippen molar-refractivity contribution in [1.82, 2.24) is 15.1 Å². The van der Waals surface area contributed by atoms with Gasteiger partial charge in [-0.1, -0.05) is 44.2 Å². The Balaban J connectivity index is 1.49. The lowest BCUT2D eigenvalue weighted by molar-refractivity contribution is -0.126. The summed E-state index contributed by atoms with van der Waals surface area (Å²) in [6.07, 6.45) is 3.36. The third kappa shape index (κ3) is 6.79. The van der Waals surface area contributed by atoms with Crippen molar-refractivity contribution in [3.8, 4) is 0 Å². The fourth-order valence-corrected chi connectivity index (χ4v) is 6.12. The van der Waals surface area contributed by atoms with Crippen molar-refractivity contribution >= 4 is 15.7 Å². The molecule has 2 aliphatic heterocycles. The molecule has 3 unspecified atom stereocenters. The summed E-state index contributed by atoms with van der Waals surface area (Å²) in [4.78, 5) is 17.6. The molecule has 3 rings (SSSR count). The highest BCUT2D eigenvalue weighted by Crippen LogP contribution is 2.23. The maximum atomic E-state index is 13.0. The van der Waals surface area contributed by atoms with E-state index in [0.29, 0.717) is 19.6 Å². The van der Waals surface area contributed by atoms with Crippen LogP contribution in [0.2, 0.25) is 0 Å². The van der Waals surface area contributed by atoms with Crippen LogP contribution >= 0.6 is 0 Å². The molecule has 2 saturated heterocycles. The molecule has 6 nitrogen and oxygen atoms in total. The van der Waals surface area contributed by atoms with Crippen LogP contribution in [-0.2, 0) is 14.6 Å². The molecular formula is C23H37N3O3S. The molecule has 30 heavy (non-hydrogen) atoms. The minimum Gasteiger partial charge on any atom is -0.354 e. The number of hydrogen-bond donors (Lipinski definition) is 1. The quantitative estimate of drug-likeness (QED) is 0.635. The molecule has 2 fully saturated rings. The van der Waals surface area contributed by atoms with Gasteiger partial charge in [0.25, 0.3) is 0 Å². The van der Waals surface area contributed by atoms with Crippen molar-refractivity contribution in [2.24, 2.45) is 11.8 Å². The van der Waals surface area contributed by atoms with Crippen LogP contribution in [0.5, 0.6) is 0 Å². The van der Waals surface area contributed by atoms with Crippen LogP contribution in [-0.4, -0.2) is 74.9 Å². The Morgan fingerprint density at radius 2 is 1.70 bits per heavy atom. The largest absolute Gasteiger partial charge is 0.354 e. The Morgan fingerprint density at radius 3 is 2.33 bits per heavy atom. The summed E-state index contributed by atoms with van der Waals surface area (Å²) in [5.74, 6) is 1.76. The molecule has 1 N–H and O–H groups in total. The number of sulfone groups is 1. The summed E-state index contributed by atoms with van der Waals surface area (Å²) in [7, 11) is -2.98. The topological polar surface area (TPSA) is 69.7 Å². The molecule has 0 aromatic heterocycles. The zero-order valence-electron chi connectivity index (χ0n) is 18.4. The van der Waals surface area contributed by atoms with E-state index in [-0.39, 0.29) is 17.4 Å². The average Bonchev–Trinajstić information content (AvgIpc) is 2.69. The van der Waals surface area contributed by atoms with E-state index in [2.05, 4.69) is 24.1 Å². The van der Waals surface area contributed by atoms with E-state index in [1.165, 1.54) is 19.5 Å². The van der Waals surface area contributed by atoms with Gasteiger partial charge in [0.15, 0.2) is 9.84 Å². The summed E-state index contributed by atoms with van der Waals surface area (Å²) in [5.41, 5.74) is 0.922. The van der Waals surface area contributed by atoms with Crippen LogP contribution in [0.15, 0.2) is 30.3 Å². The highest BCUT2D eigenvalue weighted by molar-refractivity contribution is 7.91. The monoisotopic (exact) mass is 435 g/mol. The van der Waals surface area contributed by atoms with Gasteiger partial charge in [-0.25, -0.2) is 8.42 Å². The lowest BCUT2D eigenvalue weighted by Crippen LogP contribution is -2.47. The number of likely N-dealkylation sites (tertiary alicyclic amines) is 1. The zero-order chi connectivity index (χ0) is 21.6. The maximum Gasteiger partial charge on any atom is 0.241 e. The lowest BCUT2D eigenvalue weighted by atomic mass is 9.92. The molecule has 0 bridgehead atoms. The van der Waals surface area contributed by atoms with Gasteiger partial charge in [-0.3, -0.25) is 9.69 Å². The Kier molecular flexibility index (Phi) is 8.31. The molecule has 0 aliphatic carbocycles. The molecule has 1 amide bonds. The predicted octanol–water partition coefficient (Wildman–Crippen LogP) is 2.33. The minimum absolute atomic E-state index is 0.0271. The number of carbonyl (C=O) groups excluding carboxylic acids is 1. The second-order valence-corrected chi connectivity index (χ2v) is 11.5. The first-order valence-electron chi connectivity index (χ1n) is 11.3. The molecule has 7 heteroatoms. The summed E-state index contributed by atoms with van der Waals surface area (Å²) >= 11 is 0. The lowest BCUT2D eigenvalue weighted by Gasteiger charge is -2.35. The normalized spacial score (nSPS) is 26.2. The first-order valence-corrected chi connectivity index (χ1v) is 13.2. The van der Waals surface area contributed by atoms with Gasteiger partial charge < -0.3 is 10.2 Å². The van der Waals surface area contributed by atoms with Crippen LogP contribution in [0.3, 0.4) is 0 Å². The highest BCUT2D eigenvalue weighted by atomic mass is 32.2. The van der Waals surface area contributed by atoms with Crippen LogP contribution in [0.1, 0.15) is 44.7 Å². The third-order valence-corrected chi connectivity index (χ3v) is 7.86. The van der Waals surface area contributed by atoms with Crippen molar-refractivity contribution in [3.63, 3.8) is 0 Å². The Hall–Kier alpha value is -1.44. The molecule has 1 aromatic carbocycles. The van der Waals surface area contributed by atoms with Crippen molar-refractivity contribution in [2.45, 2.75) is 39.2 Å². The third-order valence-electron chi connectivity index (χ3n) is 6.25. The average molecular weight is 436 g/mol. The molecule has 168 valence electrons. The van der Waals surface area contributed by atoms with E-state index < -0.39 is 15.9 Å². The van der Waals surface area contributed by atoms with E-state index in [1.807, 2.05) is 35.2 Å². The van der Waals surface area contributed by atoms with E-state index >= 15 is 0 Å². The SMILES string of the molecule is CC1CC(C)CN(CCCCNC(=O)C(c2ccccc2)N2CCS(=O)(=O)CC2)C1. The number of nitrogens with one attached hydrogen (secondary N) is 1. The van der Waals surface area contributed by atoms with Crippen LogP contribution in [0.25, 0.3) is 0 Å². The fourth-order valence-electron chi connectivity index (χ4n) is 4.89. The summed E-state index contributed by atoms with van der Waals surface area (Å²) < 4.78 is 23.6. The van der Waals surface area contributed by atoms with E-state index in [0.717, 1.165) is 36.8 Å². The summed E-state index contributed by atoms with van der Waals surface area (Å²) in [6.45, 7) is 9.59. The molecule has 0 saturated carbocycles. The standard InChI is InChI=1S/C23H37N3O3S/c1-19-16-20(2)18-25(17-19)11-7-6-10-24-23(27)22(21-8-4-3-5-9-21)26-12-14-30(28,29)15-13-26/h3-5,8-9,19-20,22H,6-7,10-18H2,1-2H3,(H,24,27). The van der Waals surface area contributed by atoms with E-state index in [1.54, 1.807) is 0 Å². The smallest absolute Gasteiger partial charge is 0.241 e. The second kappa shape index (κ2) is 10.7. The van der Waals surface area contributed by atoms with Crippen LogP contribution < -0.4 is 5.32 Å². The van der Waals surface area contributed by atoms with Crippen molar-refractivity contribution in [1.29, 1.82) is 0 Å². The first-order chi connectivity index (χ1) is 14.3. The summed E-state index contributed by atoms with van der Waals surface area (Å²) in [6, 6.07) is 9.26. The van der Waals surface area contributed by atoms with Gasteiger partial charge in [0.2, 0.25) is 5.91 Å². The van der Waals surface area contributed by atoms with Crippen molar-refractivity contribution in [3.05, 3.63) is 35.9 Å². The van der Waals surface area contributed by atoms with Gasteiger partial charge in [-0.15, -0.1) is 0 Å². The van der Waals surface area contributed by atoms with Gasteiger partial charge in [-0.2, -0.15) is 0 Å². The van der Waals surface area contributed by atoms with Crippen molar-refractivity contribution in [2.75, 3.05) is 50.8 Å². The number of nitrogens with zero attached hydrogens (tertiary/aromatic N) is 2. The number of piperidine rings is 1. The van der Waals surface area contributed by atoms with Gasteiger partial charge in [0.1, 0.15) is 6.04 Å². The van der Waals surface area contributed by atoms with Gasteiger partial charge in [-0.05, 0) is 43.2 Å². The Morgan fingerprint density at radius 1 is 1.07 bits per heavy atom. The molecule has 2 heterocycles. The fraction of sp³-hybridized carbons (Fsp3) is 0.696. The molecule has 2 aliphatic rings. The first kappa shape index (κ1) is 23.2. The molecule has 1 aromatic rings. The Bertz CT molecular complexity index is 760. The van der Waals surface area contributed by atoms with E-state index in [9.17, 15) is 13.2 Å². The highest BCUT2D eigenvalue weighted by Gasteiger charge is 2.32. The number of hydrogen-bond acceptors (Lipinski definition) is 5. The molecule has 0 radical (unpaired) electrons. The number of amides is 1. The molecular weight excluding hydrogens is 398 g/mol. The zero-order valence-corrected chi connectivity index (χ0v) is 19.2. The summed E-state index contributed by atoms with van der Waals surface area (Å²) in [5, 5.41) is 3.11. The number of benzene rings is 1.